The molecule has 1 aliphatic carbocycles. The fourth-order valence-electron chi connectivity index (χ4n) is 1.65. The van der Waals surface area contributed by atoms with Crippen LogP contribution < -0.4 is 5.32 Å². The van der Waals surface area contributed by atoms with Crippen LogP contribution >= 0.6 is 0 Å². The Hall–Kier alpha value is -0.600. The summed E-state index contributed by atoms with van der Waals surface area (Å²) in [5.74, 6) is 0. The van der Waals surface area contributed by atoms with Crippen molar-refractivity contribution in [3.8, 4) is 0 Å². The molecule has 66 valence electrons. The molecular weight excluding hydrogens is 150 g/mol. The van der Waals surface area contributed by atoms with E-state index in [1.807, 2.05) is 0 Å². The van der Waals surface area contributed by atoms with Crippen molar-refractivity contribution in [2.45, 2.75) is 18.9 Å². The second-order valence-corrected chi connectivity index (χ2v) is 3.25. The molecule has 12 heavy (non-hydrogen) atoms. The first-order chi connectivity index (χ1) is 5.97. The van der Waals surface area contributed by atoms with Gasteiger partial charge >= 0.3 is 0 Å². The van der Waals surface area contributed by atoms with Crippen molar-refractivity contribution in [3.05, 3.63) is 23.8 Å². The van der Waals surface area contributed by atoms with E-state index in [1.165, 1.54) is 18.4 Å². The number of nitrogens with one attached hydrogen (secondary N) is 1. The lowest BCUT2D eigenvalue weighted by atomic mass is 10.0. The number of ether oxygens (including phenoxy) is 1. The van der Waals surface area contributed by atoms with E-state index in [2.05, 4.69) is 23.5 Å². The maximum atomic E-state index is 5.64. The predicted molar refractivity (Wildman–Crippen MR) is 49.1 cm³/mol. The van der Waals surface area contributed by atoms with Crippen LogP contribution in [0, 0.1) is 0 Å². The lowest BCUT2D eigenvalue weighted by Crippen LogP contribution is -2.39. The molecule has 1 aliphatic heterocycles. The van der Waals surface area contributed by atoms with Crippen LogP contribution in [0.3, 0.4) is 0 Å². The third-order valence-corrected chi connectivity index (χ3v) is 2.32. The van der Waals surface area contributed by atoms with Gasteiger partial charge in [0.15, 0.2) is 0 Å². The van der Waals surface area contributed by atoms with Gasteiger partial charge in [0.1, 0.15) is 0 Å². The quantitative estimate of drug-likeness (QED) is 0.631. The van der Waals surface area contributed by atoms with Gasteiger partial charge in [-0.3, -0.25) is 0 Å². The summed E-state index contributed by atoms with van der Waals surface area (Å²) in [7, 11) is 0. The first-order valence-electron chi connectivity index (χ1n) is 4.66. The van der Waals surface area contributed by atoms with Gasteiger partial charge in [0, 0.05) is 13.1 Å². The van der Waals surface area contributed by atoms with E-state index in [9.17, 15) is 0 Å². The molecule has 1 fully saturated rings. The van der Waals surface area contributed by atoms with Crippen LogP contribution in [0.25, 0.3) is 0 Å². The summed E-state index contributed by atoms with van der Waals surface area (Å²) in [4.78, 5) is 0. The predicted octanol–water partition coefficient (Wildman–Crippen LogP) is 1.25. The largest absolute Gasteiger partial charge is 0.371 e. The molecule has 1 saturated heterocycles. The van der Waals surface area contributed by atoms with Crippen molar-refractivity contribution in [1.29, 1.82) is 0 Å². The molecule has 2 rings (SSSR count). The van der Waals surface area contributed by atoms with Crippen LogP contribution in [0.2, 0.25) is 0 Å². The highest BCUT2D eigenvalue weighted by Crippen LogP contribution is 2.16. The molecule has 0 aromatic rings. The van der Waals surface area contributed by atoms with E-state index in [4.69, 9.17) is 4.74 Å². The van der Waals surface area contributed by atoms with Crippen molar-refractivity contribution >= 4 is 0 Å². The minimum atomic E-state index is 0.301. The molecule has 2 nitrogen and oxygen atoms in total. The smallest absolute Gasteiger partial charge is 0.0946 e. The zero-order valence-electron chi connectivity index (χ0n) is 7.25. The lowest BCUT2D eigenvalue weighted by Gasteiger charge is -2.25. The zero-order valence-corrected chi connectivity index (χ0v) is 7.25. The van der Waals surface area contributed by atoms with Crippen molar-refractivity contribution in [2.75, 3.05) is 19.7 Å². The number of allylic oxidation sites excluding steroid dienone is 2. The molecule has 0 radical (unpaired) electrons. The van der Waals surface area contributed by atoms with Gasteiger partial charge in [-0.05, 0) is 18.4 Å². The van der Waals surface area contributed by atoms with Crippen LogP contribution in [0.1, 0.15) is 12.8 Å². The van der Waals surface area contributed by atoms with Crippen molar-refractivity contribution < 1.29 is 4.74 Å². The highest BCUT2D eigenvalue weighted by Gasteiger charge is 2.16. The van der Waals surface area contributed by atoms with Gasteiger partial charge in [0.2, 0.25) is 0 Å². The molecule has 0 spiro atoms. The highest BCUT2D eigenvalue weighted by molar-refractivity contribution is 5.26. The number of morpholine rings is 1. The van der Waals surface area contributed by atoms with Gasteiger partial charge in [-0.25, -0.2) is 0 Å². The van der Waals surface area contributed by atoms with Gasteiger partial charge in [-0.15, -0.1) is 0 Å². The summed E-state index contributed by atoms with van der Waals surface area (Å²) in [6.07, 6.45) is 9.37. The van der Waals surface area contributed by atoms with Gasteiger partial charge in [-0.1, -0.05) is 18.2 Å². The molecule has 0 aromatic carbocycles. The molecule has 0 bridgehead atoms. The van der Waals surface area contributed by atoms with Crippen LogP contribution in [0.4, 0.5) is 0 Å². The van der Waals surface area contributed by atoms with Crippen LogP contribution in [-0.2, 0) is 4.74 Å². The van der Waals surface area contributed by atoms with Crippen molar-refractivity contribution in [1.82, 2.24) is 5.32 Å². The van der Waals surface area contributed by atoms with Crippen molar-refractivity contribution in [3.63, 3.8) is 0 Å². The van der Waals surface area contributed by atoms with Gasteiger partial charge in [0.05, 0.1) is 12.7 Å². The summed E-state index contributed by atoms with van der Waals surface area (Å²) < 4.78 is 5.64. The summed E-state index contributed by atoms with van der Waals surface area (Å²) in [5.41, 5.74) is 1.36. The monoisotopic (exact) mass is 165 g/mol. The molecule has 1 atom stereocenters. The SMILES string of the molecule is C1=CC(C2CNCCO2)=CCC1. The van der Waals surface area contributed by atoms with E-state index in [-0.39, 0.29) is 0 Å². The van der Waals surface area contributed by atoms with E-state index in [0.29, 0.717) is 6.10 Å². The molecule has 0 aromatic heterocycles. The Morgan fingerprint density at radius 2 is 2.42 bits per heavy atom. The minimum absolute atomic E-state index is 0.301. The average molecular weight is 165 g/mol. The first kappa shape index (κ1) is 8.02. The standard InChI is InChI=1S/C10H15NO/c1-2-4-9(5-3-1)10-8-11-6-7-12-10/h2,4-5,10-11H,1,3,6-8H2. The fraction of sp³-hybridized carbons (Fsp3) is 0.600. The van der Waals surface area contributed by atoms with E-state index >= 15 is 0 Å². The highest BCUT2D eigenvalue weighted by atomic mass is 16.5. The summed E-state index contributed by atoms with van der Waals surface area (Å²) in [6.45, 7) is 2.81. The molecule has 2 heteroatoms. The van der Waals surface area contributed by atoms with Gasteiger partial charge < -0.3 is 10.1 Å². The van der Waals surface area contributed by atoms with Crippen LogP contribution in [0.15, 0.2) is 23.8 Å². The molecule has 0 saturated carbocycles. The Morgan fingerprint density at radius 3 is 3.08 bits per heavy atom. The third-order valence-electron chi connectivity index (χ3n) is 2.32. The molecule has 1 heterocycles. The number of hydrogen-bond donors (Lipinski definition) is 1. The second kappa shape index (κ2) is 3.87. The average Bonchev–Trinajstić information content (AvgIpc) is 2.21. The topological polar surface area (TPSA) is 21.3 Å². The normalized spacial score (nSPS) is 30.0. The summed E-state index contributed by atoms with van der Waals surface area (Å²) in [5, 5.41) is 3.33. The van der Waals surface area contributed by atoms with E-state index < -0.39 is 0 Å². The molecule has 1 unspecified atom stereocenters. The van der Waals surface area contributed by atoms with Gasteiger partial charge in [0.25, 0.3) is 0 Å². The zero-order chi connectivity index (χ0) is 8.23. The maximum Gasteiger partial charge on any atom is 0.0946 e. The Bertz CT molecular complexity index is 202. The second-order valence-electron chi connectivity index (χ2n) is 3.25. The Balaban J connectivity index is 1.97. The number of rotatable bonds is 1. The Labute approximate surface area is 73.3 Å². The summed E-state index contributed by atoms with van der Waals surface area (Å²) >= 11 is 0. The first-order valence-corrected chi connectivity index (χ1v) is 4.66. The minimum Gasteiger partial charge on any atom is -0.371 e. The molecule has 2 aliphatic rings. The van der Waals surface area contributed by atoms with E-state index in [1.54, 1.807) is 0 Å². The van der Waals surface area contributed by atoms with Gasteiger partial charge in [-0.2, -0.15) is 0 Å². The van der Waals surface area contributed by atoms with E-state index in [0.717, 1.165) is 19.7 Å². The molecular formula is C10H15NO. The maximum absolute atomic E-state index is 5.64. The number of hydrogen-bond acceptors (Lipinski definition) is 2. The lowest BCUT2D eigenvalue weighted by molar-refractivity contribution is 0.0536. The molecule has 1 N–H and O–H groups in total. The van der Waals surface area contributed by atoms with Crippen LogP contribution in [0.5, 0.6) is 0 Å². The summed E-state index contributed by atoms with van der Waals surface area (Å²) in [6, 6.07) is 0. The van der Waals surface area contributed by atoms with Crippen LogP contribution in [-0.4, -0.2) is 25.8 Å². The Kier molecular flexibility index (Phi) is 2.59. The van der Waals surface area contributed by atoms with Crippen molar-refractivity contribution in [2.24, 2.45) is 0 Å². The molecule has 0 amide bonds. The Morgan fingerprint density at radius 1 is 1.42 bits per heavy atom. The fourth-order valence-corrected chi connectivity index (χ4v) is 1.65. The third kappa shape index (κ3) is 1.76.